The van der Waals surface area contributed by atoms with Gasteiger partial charge in [-0.1, -0.05) is 0 Å². The van der Waals surface area contributed by atoms with E-state index in [9.17, 15) is 22.8 Å². The maximum Gasteiger partial charge on any atom is 0.389 e. The van der Waals surface area contributed by atoms with Crippen LogP contribution in [0.25, 0.3) is 0 Å². The average molecular weight is 256 g/mol. The van der Waals surface area contributed by atoms with Crippen LogP contribution in [0.2, 0.25) is 0 Å². The minimum atomic E-state index is -4.34. The molecule has 0 saturated carbocycles. The molecule has 1 atom stereocenters. The minimum Gasteiger partial charge on any atom is -0.480 e. The Morgan fingerprint density at radius 3 is 2.41 bits per heavy atom. The number of halogens is 3. The van der Waals surface area contributed by atoms with E-state index in [1.807, 2.05) is 0 Å². The smallest absolute Gasteiger partial charge is 0.389 e. The van der Waals surface area contributed by atoms with Crippen molar-refractivity contribution in [2.24, 2.45) is 5.73 Å². The summed E-state index contributed by atoms with van der Waals surface area (Å²) < 4.78 is 35.2. The van der Waals surface area contributed by atoms with Crippen LogP contribution < -0.4 is 11.1 Å². The van der Waals surface area contributed by atoms with E-state index in [0.29, 0.717) is 6.42 Å². The fraction of sp³-hybridized carbons (Fsp3) is 0.778. The number of carbonyl (C=O) groups excluding carboxylic acids is 1. The highest BCUT2D eigenvalue weighted by Crippen LogP contribution is 2.20. The number of carboxylic acid groups (broad SMARTS) is 1. The van der Waals surface area contributed by atoms with Gasteiger partial charge in [-0.3, -0.25) is 9.59 Å². The van der Waals surface area contributed by atoms with Crippen LogP contribution in [0, 0.1) is 0 Å². The standard InChI is InChI=1S/C9H15F3N2O3/c10-9(11,12)4-3-7(15)14-5-1-2-6(13)8(16)17/h6H,1-5,13H2,(H,14,15)(H,16,17). The maximum atomic E-state index is 11.7. The summed E-state index contributed by atoms with van der Waals surface area (Å²) in [5.74, 6) is -1.85. The molecule has 0 heterocycles. The second-order valence-electron chi connectivity index (χ2n) is 3.55. The second kappa shape index (κ2) is 7.10. The van der Waals surface area contributed by atoms with Crippen molar-refractivity contribution in [2.45, 2.75) is 37.9 Å². The molecule has 0 aromatic heterocycles. The fourth-order valence-electron chi connectivity index (χ4n) is 1.02. The molecule has 0 spiro atoms. The van der Waals surface area contributed by atoms with E-state index < -0.39 is 36.9 Å². The number of amides is 1. The number of hydrogen-bond acceptors (Lipinski definition) is 3. The number of aliphatic carboxylic acids is 1. The second-order valence-corrected chi connectivity index (χ2v) is 3.55. The third kappa shape index (κ3) is 9.61. The molecule has 0 saturated heterocycles. The lowest BCUT2D eigenvalue weighted by Gasteiger charge is -2.08. The van der Waals surface area contributed by atoms with E-state index in [1.54, 1.807) is 0 Å². The summed E-state index contributed by atoms with van der Waals surface area (Å²) in [6, 6.07) is -1.01. The number of carboxylic acids is 1. The van der Waals surface area contributed by atoms with Crippen LogP contribution in [-0.4, -0.2) is 35.7 Å². The van der Waals surface area contributed by atoms with Gasteiger partial charge in [-0.05, 0) is 12.8 Å². The highest BCUT2D eigenvalue weighted by molar-refractivity contribution is 5.75. The van der Waals surface area contributed by atoms with E-state index in [0.717, 1.165) is 0 Å². The Hall–Kier alpha value is -1.31. The predicted octanol–water partition coefficient (Wildman–Crippen LogP) is 0.637. The zero-order valence-corrected chi connectivity index (χ0v) is 9.09. The molecule has 5 nitrogen and oxygen atoms in total. The van der Waals surface area contributed by atoms with Crippen LogP contribution in [0.1, 0.15) is 25.7 Å². The summed E-state index contributed by atoms with van der Waals surface area (Å²) in [6.07, 6.45) is -5.65. The number of nitrogens with two attached hydrogens (primary N) is 1. The van der Waals surface area contributed by atoms with Gasteiger partial charge < -0.3 is 16.2 Å². The Balaban J connectivity index is 3.56. The molecule has 0 bridgehead atoms. The van der Waals surface area contributed by atoms with Gasteiger partial charge in [0.1, 0.15) is 6.04 Å². The lowest BCUT2D eigenvalue weighted by Crippen LogP contribution is -2.32. The average Bonchev–Trinajstić information content (AvgIpc) is 2.20. The van der Waals surface area contributed by atoms with Gasteiger partial charge in [-0.2, -0.15) is 13.2 Å². The maximum absolute atomic E-state index is 11.7. The summed E-state index contributed by atoms with van der Waals surface area (Å²) in [7, 11) is 0. The van der Waals surface area contributed by atoms with Crippen molar-refractivity contribution in [2.75, 3.05) is 6.54 Å². The zero-order valence-electron chi connectivity index (χ0n) is 9.09. The van der Waals surface area contributed by atoms with Gasteiger partial charge in [0.15, 0.2) is 0 Å². The largest absolute Gasteiger partial charge is 0.480 e. The number of alkyl halides is 3. The molecule has 0 rings (SSSR count). The first-order valence-corrected chi connectivity index (χ1v) is 5.04. The van der Waals surface area contributed by atoms with Gasteiger partial charge >= 0.3 is 12.1 Å². The first-order valence-electron chi connectivity index (χ1n) is 5.04. The van der Waals surface area contributed by atoms with Crippen molar-refractivity contribution in [1.29, 1.82) is 0 Å². The van der Waals surface area contributed by atoms with E-state index in [2.05, 4.69) is 5.32 Å². The van der Waals surface area contributed by atoms with Crippen molar-refractivity contribution >= 4 is 11.9 Å². The Kier molecular flexibility index (Phi) is 6.55. The van der Waals surface area contributed by atoms with Crippen molar-refractivity contribution < 1.29 is 27.9 Å². The molecular formula is C9H15F3N2O3. The predicted molar refractivity (Wildman–Crippen MR) is 53.1 cm³/mol. The number of hydrogen-bond donors (Lipinski definition) is 3. The van der Waals surface area contributed by atoms with Gasteiger partial charge in [-0.15, -0.1) is 0 Å². The molecule has 1 unspecified atom stereocenters. The lowest BCUT2D eigenvalue weighted by atomic mass is 10.1. The van der Waals surface area contributed by atoms with Crippen LogP contribution in [0.4, 0.5) is 13.2 Å². The third-order valence-corrected chi connectivity index (χ3v) is 1.97. The number of carbonyl (C=O) groups is 2. The highest BCUT2D eigenvalue weighted by atomic mass is 19.4. The molecule has 8 heteroatoms. The van der Waals surface area contributed by atoms with Crippen molar-refractivity contribution in [1.82, 2.24) is 5.32 Å². The molecule has 0 aliphatic carbocycles. The first-order chi connectivity index (χ1) is 7.72. The molecule has 4 N–H and O–H groups in total. The Labute approximate surface area is 96.2 Å². The monoisotopic (exact) mass is 256 g/mol. The Morgan fingerprint density at radius 1 is 1.35 bits per heavy atom. The molecule has 0 aromatic rings. The quantitative estimate of drug-likeness (QED) is 0.583. The van der Waals surface area contributed by atoms with Crippen LogP contribution >= 0.6 is 0 Å². The van der Waals surface area contributed by atoms with E-state index in [-0.39, 0.29) is 13.0 Å². The number of nitrogens with one attached hydrogen (secondary N) is 1. The molecule has 0 aromatic carbocycles. The minimum absolute atomic E-state index is 0.123. The molecular weight excluding hydrogens is 241 g/mol. The van der Waals surface area contributed by atoms with E-state index in [1.165, 1.54) is 0 Å². The van der Waals surface area contributed by atoms with Crippen molar-refractivity contribution in [3.05, 3.63) is 0 Å². The number of rotatable bonds is 7. The Bertz CT molecular complexity index is 269. The van der Waals surface area contributed by atoms with Crippen LogP contribution in [-0.2, 0) is 9.59 Å². The van der Waals surface area contributed by atoms with Gasteiger partial charge in [0.05, 0.1) is 6.42 Å². The summed E-state index contributed by atoms with van der Waals surface area (Å²) in [4.78, 5) is 21.2. The van der Waals surface area contributed by atoms with E-state index >= 15 is 0 Å². The van der Waals surface area contributed by atoms with Crippen LogP contribution in [0.15, 0.2) is 0 Å². The summed E-state index contributed by atoms with van der Waals surface area (Å²) >= 11 is 0. The Morgan fingerprint density at radius 2 is 1.94 bits per heavy atom. The summed E-state index contributed by atoms with van der Waals surface area (Å²) in [5.41, 5.74) is 5.19. The zero-order chi connectivity index (χ0) is 13.5. The lowest BCUT2D eigenvalue weighted by molar-refractivity contribution is -0.144. The van der Waals surface area contributed by atoms with Crippen molar-refractivity contribution in [3.8, 4) is 0 Å². The van der Waals surface area contributed by atoms with Crippen LogP contribution in [0.5, 0.6) is 0 Å². The topological polar surface area (TPSA) is 92.4 Å². The molecule has 100 valence electrons. The van der Waals surface area contributed by atoms with Gasteiger partial charge in [0, 0.05) is 13.0 Å². The summed E-state index contributed by atoms with van der Waals surface area (Å²) in [5, 5.41) is 10.7. The van der Waals surface area contributed by atoms with Gasteiger partial charge in [0.2, 0.25) is 5.91 Å². The third-order valence-electron chi connectivity index (χ3n) is 1.97. The normalized spacial score (nSPS) is 13.2. The van der Waals surface area contributed by atoms with Gasteiger partial charge in [-0.25, -0.2) is 0 Å². The van der Waals surface area contributed by atoms with Gasteiger partial charge in [0.25, 0.3) is 0 Å². The molecule has 17 heavy (non-hydrogen) atoms. The molecule has 0 aliphatic rings. The first kappa shape index (κ1) is 15.7. The van der Waals surface area contributed by atoms with Crippen molar-refractivity contribution in [3.63, 3.8) is 0 Å². The SMILES string of the molecule is NC(CCCNC(=O)CCC(F)(F)F)C(=O)O. The van der Waals surface area contributed by atoms with Crippen LogP contribution in [0.3, 0.4) is 0 Å². The molecule has 0 radical (unpaired) electrons. The highest BCUT2D eigenvalue weighted by Gasteiger charge is 2.27. The fourth-order valence-corrected chi connectivity index (χ4v) is 1.02. The molecule has 1 amide bonds. The van der Waals surface area contributed by atoms with E-state index in [4.69, 9.17) is 10.8 Å². The molecule has 0 aliphatic heterocycles. The summed E-state index contributed by atoms with van der Waals surface area (Å²) in [6.45, 7) is 0.123. The molecule has 0 fully saturated rings.